The molecule has 1 aromatic heterocycles. The van der Waals surface area contributed by atoms with Crippen molar-refractivity contribution in [2.75, 3.05) is 42.2 Å². The van der Waals surface area contributed by atoms with E-state index in [4.69, 9.17) is 9.47 Å². The molecule has 4 bridgehead atoms. The van der Waals surface area contributed by atoms with Crippen molar-refractivity contribution in [1.82, 2.24) is 10.3 Å². The molecule has 1 amide bonds. The summed E-state index contributed by atoms with van der Waals surface area (Å²) in [5, 5.41) is 2.76. The predicted octanol–water partition coefficient (Wildman–Crippen LogP) is 1.50. The molecule has 10 heteroatoms. The molecule has 4 rings (SSSR count). The number of aromatic nitrogens is 1. The van der Waals surface area contributed by atoms with Gasteiger partial charge in [-0.3, -0.25) is 9.52 Å². The van der Waals surface area contributed by atoms with Gasteiger partial charge in [0.2, 0.25) is 15.9 Å². The standard InChI is InChI=1S/C18H20N4O5S/c1-26-18-14-10-13(11-20-18)22-6-7-27-16-4-3-12(9-15(16)22)17(23)19-5-2-8-28(24,25)21-14/h3-4,9-11,21H,2,5-8H2,1H3,(H,19,23). The Morgan fingerprint density at radius 1 is 1.29 bits per heavy atom. The third kappa shape index (κ3) is 3.55. The van der Waals surface area contributed by atoms with Crippen LogP contribution in [0.3, 0.4) is 0 Å². The van der Waals surface area contributed by atoms with Gasteiger partial charge in [0.15, 0.2) is 0 Å². The second-order valence-electron chi connectivity index (χ2n) is 6.46. The number of hydrogen-bond acceptors (Lipinski definition) is 7. The molecule has 1 aromatic carbocycles. The fraction of sp³-hybridized carbons (Fsp3) is 0.333. The molecule has 0 atom stereocenters. The van der Waals surface area contributed by atoms with Crippen molar-refractivity contribution < 1.29 is 22.7 Å². The van der Waals surface area contributed by atoms with Gasteiger partial charge in [0.1, 0.15) is 18.0 Å². The summed E-state index contributed by atoms with van der Waals surface area (Å²) < 4.78 is 38.3. The minimum absolute atomic E-state index is 0.137. The number of ether oxygens (including phenoxy) is 2. The van der Waals surface area contributed by atoms with Crippen LogP contribution in [0, 0.1) is 0 Å². The lowest BCUT2D eigenvalue weighted by Crippen LogP contribution is -2.31. The van der Waals surface area contributed by atoms with Crippen LogP contribution in [-0.2, 0) is 10.0 Å². The summed E-state index contributed by atoms with van der Waals surface area (Å²) in [4.78, 5) is 18.6. The number of methoxy groups -OCH3 is 1. The van der Waals surface area contributed by atoms with E-state index in [0.29, 0.717) is 30.2 Å². The molecule has 0 aliphatic carbocycles. The lowest BCUT2D eigenvalue weighted by atomic mass is 10.1. The maximum absolute atomic E-state index is 12.4. The van der Waals surface area contributed by atoms with Crippen LogP contribution in [-0.4, -0.2) is 51.9 Å². The van der Waals surface area contributed by atoms with E-state index in [0.717, 1.165) is 5.69 Å². The molecule has 2 N–H and O–H groups in total. The van der Waals surface area contributed by atoms with Gasteiger partial charge in [-0.25, -0.2) is 13.4 Å². The number of amides is 1. The number of anilines is 3. The number of fused-ring (bicyclic) bond motifs is 4. The Hall–Kier alpha value is -3.01. The third-order valence-electron chi connectivity index (χ3n) is 4.57. The van der Waals surface area contributed by atoms with E-state index in [1.807, 2.05) is 4.90 Å². The zero-order valence-corrected chi connectivity index (χ0v) is 16.1. The largest absolute Gasteiger partial charge is 0.490 e. The van der Waals surface area contributed by atoms with Crippen molar-refractivity contribution in [1.29, 1.82) is 0 Å². The first-order valence-electron chi connectivity index (χ1n) is 8.84. The number of carbonyl (C=O) groups excluding carboxylic acids is 1. The van der Waals surface area contributed by atoms with Gasteiger partial charge in [0, 0.05) is 12.1 Å². The van der Waals surface area contributed by atoms with Crippen LogP contribution < -0.4 is 24.4 Å². The molecule has 0 unspecified atom stereocenters. The van der Waals surface area contributed by atoms with E-state index < -0.39 is 10.0 Å². The van der Waals surface area contributed by atoms with E-state index in [9.17, 15) is 13.2 Å². The monoisotopic (exact) mass is 404 g/mol. The van der Waals surface area contributed by atoms with Gasteiger partial charge >= 0.3 is 0 Å². The Kier molecular flexibility index (Phi) is 4.71. The van der Waals surface area contributed by atoms with Crippen molar-refractivity contribution >= 4 is 33.0 Å². The van der Waals surface area contributed by atoms with Crippen LogP contribution >= 0.6 is 0 Å². The Morgan fingerprint density at radius 2 is 2.14 bits per heavy atom. The van der Waals surface area contributed by atoms with E-state index in [1.165, 1.54) is 7.11 Å². The second kappa shape index (κ2) is 7.19. The minimum Gasteiger partial charge on any atom is -0.490 e. The summed E-state index contributed by atoms with van der Waals surface area (Å²) in [6.07, 6.45) is 1.88. The average molecular weight is 404 g/mol. The van der Waals surface area contributed by atoms with E-state index in [1.54, 1.807) is 30.5 Å². The van der Waals surface area contributed by atoms with Crippen molar-refractivity contribution in [2.45, 2.75) is 6.42 Å². The first kappa shape index (κ1) is 18.4. The lowest BCUT2D eigenvalue weighted by Gasteiger charge is -2.32. The van der Waals surface area contributed by atoms with E-state index in [-0.39, 0.29) is 36.2 Å². The molecule has 9 nitrogen and oxygen atoms in total. The highest BCUT2D eigenvalue weighted by Crippen LogP contribution is 2.39. The lowest BCUT2D eigenvalue weighted by molar-refractivity contribution is 0.0953. The van der Waals surface area contributed by atoms with E-state index in [2.05, 4.69) is 15.0 Å². The van der Waals surface area contributed by atoms with Crippen molar-refractivity contribution in [3.63, 3.8) is 0 Å². The maximum atomic E-state index is 12.4. The van der Waals surface area contributed by atoms with Crippen LogP contribution in [0.1, 0.15) is 16.8 Å². The smallest absolute Gasteiger partial charge is 0.251 e. The summed E-state index contributed by atoms with van der Waals surface area (Å²) >= 11 is 0. The number of sulfonamides is 1. The molecule has 148 valence electrons. The Bertz CT molecular complexity index is 1020. The zero-order valence-electron chi connectivity index (χ0n) is 15.3. The normalized spacial score (nSPS) is 18.2. The Labute approximate surface area is 162 Å². The molecule has 2 aliphatic heterocycles. The van der Waals surface area contributed by atoms with Crippen LogP contribution in [0.15, 0.2) is 30.5 Å². The second-order valence-corrected chi connectivity index (χ2v) is 8.31. The number of hydrogen-bond donors (Lipinski definition) is 2. The number of rotatable bonds is 1. The molecule has 0 radical (unpaired) electrons. The zero-order chi connectivity index (χ0) is 19.7. The molecule has 3 heterocycles. The topological polar surface area (TPSA) is 110 Å². The SMILES string of the molecule is COc1ncc2cc1NS(=O)(=O)CCCNC(=O)c1ccc3c(c1)N2CCO3. The van der Waals surface area contributed by atoms with Gasteiger partial charge in [-0.2, -0.15) is 0 Å². The molecule has 0 fully saturated rings. The molecule has 0 spiro atoms. The van der Waals surface area contributed by atoms with Crippen molar-refractivity contribution in [2.24, 2.45) is 0 Å². The number of carbonyl (C=O) groups is 1. The van der Waals surface area contributed by atoms with Crippen molar-refractivity contribution in [3.05, 3.63) is 36.0 Å². The first-order valence-corrected chi connectivity index (χ1v) is 10.5. The fourth-order valence-electron chi connectivity index (χ4n) is 3.24. The molecule has 2 aromatic rings. The van der Waals surface area contributed by atoms with Gasteiger partial charge in [0.05, 0.1) is 37.0 Å². The molecule has 2 aliphatic rings. The van der Waals surface area contributed by atoms with Crippen LogP contribution in [0.5, 0.6) is 11.6 Å². The fourth-order valence-corrected chi connectivity index (χ4v) is 4.34. The third-order valence-corrected chi connectivity index (χ3v) is 5.92. The Balaban J connectivity index is 1.86. The van der Waals surface area contributed by atoms with Gasteiger partial charge < -0.3 is 19.7 Å². The van der Waals surface area contributed by atoms with E-state index >= 15 is 0 Å². The predicted molar refractivity (Wildman–Crippen MR) is 104 cm³/mol. The highest BCUT2D eigenvalue weighted by Gasteiger charge is 2.24. The number of pyridine rings is 1. The first-order chi connectivity index (χ1) is 13.5. The van der Waals surface area contributed by atoms with Crippen LogP contribution in [0.4, 0.5) is 17.1 Å². The molecular weight excluding hydrogens is 384 g/mol. The molecule has 0 saturated heterocycles. The summed E-state index contributed by atoms with van der Waals surface area (Å²) in [6.45, 7) is 1.22. The van der Waals surface area contributed by atoms with Crippen molar-refractivity contribution in [3.8, 4) is 11.6 Å². The van der Waals surface area contributed by atoms with Gasteiger partial charge in [0.25, 0.3) is 5.91 Å². The highest BCUT2D eigenvalue weighted by atomic mass is 32.2. The highest BCUT2D eigenvalue weighted by molar-refractivity contribution is 7.92. The maximum Gasteiger partial charge on any atom is 0.251 e. The molecule has 0 saturated carbocycles. The molecule has 28 heavy (non-hydrogen) atoms. The number of nitrogens with zero attached hydrogens (tertiary/aromatic N) is 2. The Morgan fingerprint density at radius 3 is 2.96 bits per heavy atom. The van der Waals surface area contributed by atoms with Crippen LogP contribution in [0.25, 0.3) is 0 Å². The summed E-state index contributed by atoms with van der Waals surface area (Å²) in [6, 6.07) is 6.91. The molecular formula is C18H20N4O5S. The average Bonchev–Trinajstić information content (AvgIpc) is 2.69. The van der Waals surface area contributed by atoms with Crippen LogP contribution in [0.2, 0.25) is 0 Å². The number of nitrogens with one attached hydrogen (secondary N) is 2. The minimum atomic E-state index is -3.62. The van der Waals surface area contributed by atoms with Gasteiger partial charge in [-0.05, 0) is 30.7 Å². The quantitative estimate of drug-likeness (QED) is 0.741. The number of benzene rings is 1. The van der Waals surface area contributed by atoms with Gasteiger partial charge in [-0.15, -0.1) is 0 Å². The summed E-state index contributed by atoms with van der Waals surface area (Å²) in [7, 11) is -2.19. The summed E-state index contributed by atoms with van der Waals surface area (Å²) in [5.74, 6) is 0.439. The van der Waals surface area contributed by atoms with Gasteiger partial charge in [-0.1, -0.05) is 0 Å². The summed E-state index contributed by atoms with van der Waals surface area (Å²) in [5.41, 5.74) is 2.13.